The predicted molar refractivity (Wildman–Crippen MR) is 134 cm³/mol. The molecule has 2 aromatic rings. The van der Waals surface area contributed by atoms with Crippen LogP contribution in [-0.4, -0.2) is 12.1 Å². The van der Waals surface area contributed by atoms with Crippen molar-refractivity contribution in [2.45, 2.75) is 12.8 Å². The highest BCUT2D eigenvalue weighted by molar-refractivity contribution is 5.63. The van der Waals surface area contributed by atoms with Gasteiger partial charge in [0.1, 0.15) is 5.76 Å². The minimum atomic E-state index is -0.980. The topological polar surface area (TPSA) is 42.1 Å². The first-order valence-corrected chi connectivity index (χ1v) is 10.1. The summed E-state index contributed by atoms with van der Waals surface area (Å²) in [6, 6.07) is 5.65. The van der Waals surface area contributed by atoms with Crippen molar-refractivity contribution in [1.29, 1.82) is 0 Å². The van der Waals surface area contributed by atoms with E-state index < -0.39 is 17.5 Å². The fourth-order valence-corrected chi connectivity index (χ4v) is 2.71. The Morgan fingerprint density at radius 3 is 2.26 bits per heavy atom. The number of hydrogen-bond donors (Lipinski definition) is 1. The van der Waals surface area contributed by atoms with Crippen LogP contribution in [0.3, 0.4) is 0 Å². The molecule has 1 heterocycles. The van der Waals surface area contributed by atoms with Gasteiger partial charge in [-0.25, -0.2) is 13.2 Å². The number of halogens is 3. The molecule has 0 spiro atoms. The Morgan fingerprint density at radius 1 is 1.00 bits per heavy atom. The summed E-state index contributed by atoms with van der Waals surface area (Å²) in [6.07, 6.45) is 6.36. The third kappa shape index (κ3) is 7.81. The van der Waals surface area contributed by atoms with Gasteiger partial charge in [-0.15, -0.1) is 13.2 Å². The van der Waals surface area contributed by atoms with Gasteiger partial charge in [-0.3, -0.25) is 4.79 Å². The Balaban J connectivity index is 0.00000281. The molecule has 1 N–H and O–H groups in total. The largest absolute Gasteiger partial charge is 0.494 e. The molecule has 178 valence electrons. The van der Waals surface area contributed by atoms with E-state index in [0.717, 1.165) is 6.08 Å². The van der Waals surface area contributed by atoms with E-state index in [1.54, 1.807) is 12.2 Å². The minimum absolute atomic E-state index is 0.0625. The highest BCUT2D eigenvalue weighted by Crippen LogP contribution is 2.26. The van der Waals surface area contributed by atoms with Gasteiger partial charge in [0.05, 0.1) is 7.11 Å². The van der Waals surface area contributed by atoms with Crippen LogP contribution in [0.5, 0.6) is 0 Å². The number of pyridine rings is 1. The van der Waals surface area contributed by atoms with E-state index in [2.05, 4.69) is 44.5 Å². The van der Waals surface area contributed by atoms with Crippen LogP contribution >= 0.6 is 0 Å². The summed E-state index contributed by atoms with van der Waals surface area (Å²) in [5.41, 5.74) is 1.74. The van der Waals surface area contributed by atoms with E-state index in [0.29, 0.717) is 28.7 Å². The molecule has 1 aromatic carbocycles. The first-order valence-electron chi connectivity index (χ1n) is 10.1. The molecule has 0 amide bonds. The molecule has 0 radical (unpaired) electrons. The van der Waals surface area contributed by atoms with E-state index >= 15 is 0 Å². The summed E-state index contributed by atoms with van der Waals surface area (Å²) in [4.78, 5) is 13.6. The number of allylic oxidation sites excluding steroid dienone is 7. The summed E-state index contributed by atoms with van der Waals surface area (Å²) in [5, 5.41) is 0. The highest BCUT2D eigenvalue weighted by atomic mass is 19.2. The molecule has 0 atom stereocenters. The van der Waals surface area contributed by atoms with Crippen LogP contribution in [0, 0.1) is 11.6 Å². The molecule has 0 saturated carbocycles. The molecule has 6 heteroatoms. The van der Waals surface area contributed by atoms with Crippen LogP contribution in [0.4, 0.5) is 13.2 Å². The lowest BCUT2D eigenvalue weighted by molar-refractivity contribution is 0.285. The number of H-pyrrole nitrogens is 1. The molecular formula is C28H28F3NO2. The summed E-state index contributed by atoms with van der Waals surface area (Å²) in [6.45, 7) is 20.9. The maximum Gasteiger partial charge on any atom is 0.247 e. The first kappa shape index (κ1) is 28.0. The van der Waals surface area contributed by atoms with Gasteiger partial charge in [0.25, 0.3) is 0 Å². The first-order chi connectivity index (χ1) is 16.1. The van der Waals surface area contributed by atoms with Gasteiger partial charge in [-0.2, -0.15) is 0 Å². The lowest BCUT2D eigenvalue weighted by Gasteiger charge is -2.09. The van der Waals surface area contributed by atoms with Crippen molar-refractivity contribution in [3.05, 3.63) is 144 Å². The van der Waals surface area contributed by atoms with Gasteiger partial charge in [0, 0.05) is 23.4 Å². The molecular weight excluding hydrogens is 439 g/mol. The quantitative estimate of drug-likeness (QED) is 0.226. The number of benzene rings is 1. The molecule has 2 rings (SSSR count). The molecule has 0 saturated heterocycles. The molecule has 0 aliphatic heterocycles. The van der Waals surface area contributed by atoms with Crippen molar-refractivity contribution in [3.63, 3.8) is 0 Å². The highest BCUT2D eigenvalue weighted by Gasteiger charge is 2.15. The zero-order valence-corrected chi connectivity index (χ0v) is 19.2. The Labute approximate surface area is 198 Å². The summed E-state index contributed by atoms with van der Waals surface area (Å²) >= 11 is 0. The van der Waals surface area contributed by atoms with E-state index in [1.165, 1.54) is 37.6 Å². The van der Waals surface area contributed by atoms with Crippen molar-refractivity contribution in [2.75, 3.05) is 7.11 Å². The van der Waals surface area contributed by atoms with Gasteiger partial charge >= 0.3 is 0 Å². The summed E-state index contributed by atoms with van der Waals surface area (Å²) in [5.74, 6) is -2.70. The molecule has 34 heavy (non-hydrogen) atoms. The standard InChI is InChI=1S/C26H24F3NO2.C2H4/c1-16(6-8-17(2)18(3)14-23(27)19(4)32-5)7-9-20-10-12-22(26(29)25(20)28)21-11-13-24(31)30-15-21;1-2/h6,8,10-15H,1-4,7,9H2,5H3,(H,30,31);1-2H2/b8-6-,23-14+;. The van der Waals surface area contributed by atoms with Gasteiger partial charge in [0.15, 0.2) is 17.5 Å². The average molecular weight is 468 g/mol. The number of rotatable bonds is 10. The van der Waals surface area contributed by atoms with Crippen molar-refractivity contribution >= 4 is 0 Å². The monoisotopic (exact) mass is 467 g/mol. The Bertz CT molecular complexity index is 1180. The van der Waals surface area contributed by atoms with E-state index in [-0.39, 0.29) is 28.9 Å². The lowest BCUT2D eigenvalue weighted by atomic mass is 9.99. The molecule has 3 nitrogen and oxygen atoms in total. The van der Waals surface area contributed by atoms with Crippen molar-refractivity contribution in [2.24, 2.45) is 0 Å². The average Bonchev–Trinajstić information content (AvgIpc) is 2.84. The fraction of sp³-hybridized carbons (Fsp3) is 0.107. The van der Waals surface area contributed by atoms with Gasteiger partial charge < -0.3 is 9.72 Å². The molecule has 0 unspecified atom stereocenters. The number of aromatic nitrogens is 1. The summed E-state index contributed by atoms with van der Waals surface area (Å²) in [7, 11) is 1.31. The zero-order chi connectivity index (χ0) is 25.8. The van der Waals surface area contributed by atoms with Gasteiger partial charge in [-0.1, -0.05) is 56.2 Å². The number of ether oxygens (including phenoxy) is 1. The lowest BCUT2D eigenvalue weighted by Crippen LogP contribution is -2.03. The SMILES string of the molecule is C=C.C=C(/C=C\C(=C)C(=C)/C=C(/F)C(=C)OC)CCc1ccc(-c2ccc(=O)[nH]c2)c(F)c1F. The minimum Gasteiger partial charge on any atom is -0.494 e. The van der Waals surface area contributed by atoms with Crippen LogP contribution in [0.25, 0.3) is 11.1 Å². The van der Waals surface area contributed by atoms with Crippen LogP contribution < -0.4 is 5.56 Å². The van der Waals surface area contributed by atoms with Crippen LogP contribution in [-0.2, 0) is 11.2 Å². The maximum absolute atomic E-state index is 14.5. The second-order valence-electron chi connectivity index (χ2n) is 7.00. The van der Waals surface area contributed by atoms with Crippen molar-refractivity contribution < 1.29 is 17.9 Å². The van der Waals surface area contributed by atoms with Crippen LogP contribution in [0.2, 0.25) is 0 Å². The molecule has 0 aliphatic carbocycles. The second-order valence-corrected chi connectivity index (χ2v) is 7.00. The summed E-state index contributed by atoms with van der Waals surface area (Å²) < 4.78 is 47.5. The Morgan fingerprint density at radius 2 is 1.68 bits per heavy atom. The Kier molecular flexibility index (Phi) is 11.1. The maximum atomic E-state index is 14.5. The van der Waals surface area contributed by atoms with Gasteiger partial charge in [0.2, 0.25) is 5.56 Å². The Hall–Kier alpha value is -4.06. The van der Waals surface area contributed by atoms with E-state index in [1.807, 2.05) is 0 Å². The normalized spacial score (nSPS) is 10.9. The van der Waals surface area contributed by atoms with Crippen molar-refractivity contribution in [1.82, 2.24) is 4.98 Å². The number of nitrogens with one attached hydrogen (secondary N) is 1. The molecule has 1 aromatic heterocycles. The predicted octanol–water partition coefficient (Wildman–Crippen LogP) is 7.29. The number of hydrogen-bond acceptors (Lipinski definition) is 2. The third-order valence-corrected chi connectivity index (χ3v) is 4.72. The van der Waals surface area contributed by atoms with Crippen LogP contribution in [0.1, 0.15) is 12.0 Å². The van der Waals surface area contributed by atoms with E-state index in [9.17, 15) is 18.0 Å². The van der Waals surface area contributed by atoms with E-state index in [4.69, 9.17) is 4.74 Å². The van der Waals surface area contributed by atoms with Crippen molar-refractivity contribution in [3.8, 4) is 11.1 Å². The zero-order valence-electron chi connectivity index (χ0n) is 19.2. The van der Waals surface area contributed by atoms with Gasteiger partial charge in [-0.05, 0) is 41.7 Å². The molecule has 0 fully saturated rings. The molecule has 0 bridgehead atoms. The second kappa shape index (κ2) is 13.5. The smallest absolute Gasteiger partial charge is 0.247 e. The third-order valence-electron chi connectivity index (χ3n) is 4.72. The fourth-order valence-electron chi connectivity index (χ4n) is 2.71. The number of aryl methyl sites for hydroxylation is 1. The molecule has 0 aliphatic rings. The number of methoxy groups -OCH3 is 1. The number of aromatic amines is 1. The van der Waals surface area contributed by atoms with Crippen LogP contribution in [0.15, 0.2) is 121 Å².